The summed E-state index contributed by atoms with van der Waals surface area (Å²) in [5, 5.41) is 12.0. The Morgan fingerprint density at radius 1 is 1.53 bits per heavy atom. The number of nitrogens with two attached hydrogens (primary N) is 1. The summed E-state index contributed by atoms with van der Waals surface area (Å²) in [5.41, 5.74) is 5.79. The maximum atomic E-state index is 12.1. The molecule has 0 aliphatic heterocycles. The van der Waals surface area contributed by atoms with E-state index in [1.807, 2.05) is 13.8 Å². The number of aryl methyl sites for hydroxylation is 1. The maximum Gasteiger partial charge on any atom is 0.231 e. The van der Waals surface area contributed by atoms with Crippen molar-refractivity contribution in [2.45, 2.75) is 45.1 Å². The van der Waals surface area contributed by atoms with Gasteiger partial charge in [0, 0.05) is 5.54 Å². The van der Waals surface area contributed by atoms with Gasteiger partial charge in [0.15, 0.2) is 0 Å². The van der Waals surface area contributed by atoms with Crippen molar-refractivity contribution in [1.29, 1.82) is 0 Å². The van der Waals surface area contributed by atoms with Crippen molar-refractivity contribution in [3.05, 3.63) is 5.01 Å². The number of carbonyl (C=O) groups is 1. The first kappa shape index (κ1) is 12.4. The highest BCUT2D eigenvalue weighted by atomic mass is 32.1. The Balaban J connectivity index is 2.04. The van der Waals surface area contributed by atoms with Crippen LogP contribution in [-0.4, -0.2) is 21.6 Å². The smallest absolute Gasteiger partial charge is 0.231 e. The van der Waals surface area contributed by atoms with Gasteiger partial charge in [-0.05, 0) is 26.7 Å². The molecule has 1 saturated carbocycles. The minimum atomic E-state index is -0.401. The van der Waals surface area contributed by atoms with E-state index in [-0.39, 0.29) is 11.8 Å². The van der Waals surface area contributed by atoms with Gasteiger partial charge in [0.05, 0.1) is 5.92 Å². The first-order valence-corrected chi connectivity index (χ1v) is 6.70. The zero-order chi connectivity index (χ0) is 12.5. The Labute approximate surface area is 105 Å². The van der Waals surface area contributed by atoms with Crippen molar-refractivity contribution in [2.75, 3.05) is 5.32 Å². The summed E-state index contributed by atoms with van der Waals surface area (Å²) in [5.74, 6) is -0.147. The van der Waals surface area contributed by atoms with Gasteiger partial charge in [-0.3, -0.25) is 4.79 Å². The molecule has 1 heterocycles. The van der Waals surface area contributed by atoms with Crippen molar-refractivity contribution in [1.82, 2.24) is 10.2 Å². The van der Waals surface area contributed by atoms with Crippen molar-refractivity contribution >= 4 is 22.4 Å². The quantitative estimate of drug-likeness (QED) is 0.841. The fourth-order valence-corrected chi connectivity index (χ4v) is 2.92. The number of hydrogen-bond donors (Lipinski definition) is 2. The Bertz CT molecular complexity index is 415. The van der Waals surface area contributed by atoms with E-state index in [1.54, 1.807) is 0 Å². The lowest BCUT2D eigenvalue weighted by Crippen LogP contribution is -2.51. The average Bonchev–Trinajstić information content (AvgIpc) is 2.63. The van der Waals surface area contributed by atoms with E-state index in [0.717, 1.165) is 30.7 Å². The SMILES string of the molecule is Cc1nnc(NC(=O)C2CCCCC2(C)N)s1. The van der Waals surface area contributed by atoms with E-state index in [1.165, 1.54) is 11.3 Å². The number of rotatable bonds is 2. The van der Waals surface area contributed by atoms with Gasteiger partial charge in [0.1, 0.15) is 5.01 Å². The fourth-order valence-electron chi connectivity index (χ4n) is 2.33. The van der Waals surface area contributed by atoms with E-state index >= 15 is 0 Å². The van der Waals surface area contributed by atoms with Gasteiger partial charge in [-0.1, -0.05) is 24.2 Å². The molecule has 0 bridgehead atoms. The molecule has 17 heavy (non-hydrogen) atoms. The number of anilines is 1. The molecule has 0 spiro atoms. The molecule has 0 radical (unpaired) electrons. The minimum absolute atomic E-state index is 0.0224. The number of hydrogen-bond acceptors (Lipinski definition) is 5. The van der Waals surface area contributed by atoms with Crippen LogP contribution < -0.4 is 11.1 Å². The van der Waals surface area contributed by atoms with Crippen LogP contribution in [0.15, 0.2) is 0 Å². The molecule has 6 heteroatoms. The molecule has 1 amide bonds. The summed E-state index contributed by atoms with van der Waals surface area (Å²) in [4.78, 5) is 12.1. The van der Waals surface area contributed by atoms with Gasteiger partial charge >= 0.3 is 0 Å². The van der Waals surface area contributed by atoms with E-state index in [4.69, 9.17) is 5.73 Å². The second kappa shape index (κ2) is 4.70. The van der Waals surface area contributed by atoms with E-state index < -0.39 is 5.54 Å². The maximum absolute atomic E-state index is 12.1. The number of carbonyl (C=O) groups excluding carboxylic acids is 1. The van der Waals surface area contributed by atoms with Crippen LogP contribution in [0.25, 0.3) is 0 Å². The molecule has 5 nitrogen and oxygen atoms in total. The van der Waals surface area contributed by atoms with Crippen molar-refractivity contribution in [2.24, 2.45) is 11.7 Å². The van der Waals surface area contributed by atoms with Gasteiger partial charge in [-0.2, -0.15) is 0 Å². The van der Waals surface area contributed by atoms with Crippen LogP contribution >= 0.6 is 11.3 Å². The lowest BCUT2D eigenvalue weighted by Gasteiger charge is -2.36. The fraction of sp³-hybridized carbons (Fsp3) is 0.727. The number of aromatic nitrogens is 2. The average molecular weight is 254 g/mol. The predicted molar refractivity (Wildman–Crippen MR) is 67.8 cm³/mol. The van der Waals surface area contributed by atoms with Gasteiger partial charge in [-0.15, -0.1) is 10.2 Å². The number of amides is 1. The van der Waals surface area contributed by atoms with Crippen molar-refractivity contribution in [3.8, 4) is 0 Å². The molecule has 2 rings (SSSR count). The molecule has 2 atom stereocenters. The Morgan fingerprint density at radius 2 is 2.29 bits per heavy atom. The third-order valence-corrected chi connectivity index (χ3v) is 4.08. The topological polar surface area (TPSA) is 80.9 Å². The van der Waals surface area contributed by atoms with Crippen LogP contribution in [0.2, 0.25) is 0 Å². The summed E-state index contributed by atoms with van der Waals surface area (Å²) in [6, 6.07) is 0. The van der Waals surface area contributed by atoms with E-state index in [9.17, 15) is 4.79 Å². The highest BCUT2D eigenvalue weighted by Gasteiger charge is 2.38. The molecule has 2 unspecified atom stereocenters. The first-order chi connectivity index (χ1) is 7.99. The van der Waals surface area contributed by atoms with E-state index in [2.05, 4.69) is 15.5 Å². The summed E-state index contributed by atoms with van der Waals surface area (Å²) in [6.07, 6.45) is 3.94. The van der Waals surface area contributed by atoms with Gasteiger partial charge in [0.25, 0.3) is 0 Å². The van der Waals surface area contributed by atoms with Gasteiger partial charge in [-0.25, -0.2) is 0 Å². The molecular formula is C11H18N4OS. The van der Waals surface area contributed by atoms with Crippen molar-refractivity contribution < 1.29 is 4.79 Å². The number of nitrogens with zero attached hydrogens (tertiary/aromatic N) is 2. The third-order valence-electron chi connectivity index (χ3n) is 3.33. The molecule has 0 aromatic carbocycles. The Hall–Kier alpha value is -1.01. The largest absolute Gasteiger partial charge is 0.325 e. The second-order valence-electron chi connectivity index (χ2n) is 4.92. The molecule has 1 fully saturated rings. The monoisotopic (exact) mass is 254 g/mol. The van der Waals surface area contributed by atoms with Crippen LogP contribution in [-0.2, 0) is 4.79 Å². The Kier molecular flexibility index (Phi) is 3.44. The second-order valence-corrected chi connectivity index (χ2v) is 6.10. The summed E-state index contributed by atoms with van der Waals surface area (Å²) in [6.45, 7) is 3.82. The Morgan fingerprint density at radius 3 is 2.88 bits per heavy atom. The van der Waals surface area contributed by atoms with Crippen LogP contribution in [0.5, 0.6) is 0 Å². The van der Waals surface area contributed by atoms with Crippen LogP contribution in [0.1, 0.15) is 37.6 Å². The third kappa shape index (κ3) is 2.81. The molecule has 1 aliphatic rings. The summed E-state index contributed by atoms with van der Waals surface area (Å²) in [7, 11) is 0. The highest BCUT2D eigenvalue weighted by Crippen LogP contribution is 2.32. The lowest BCUT2D eigenvalue weighted by molar-refractivity contribution is -0.122. The van der Waals surface area contributed by atoms with Gasteiger partial charge in [0.2, 0.25) is 11.0 Å². The van der Waals surface area contributed by atoms with Crippen LogP contribution in [0, 0.1) is 12.8 Å². The number of nitrogens with one attached hydrogen (secondary N) is 1. The normalized spacial score (nSPS) is 29.0. The predicted octanol–water partition coefficient (Wildman–Crippen LogP) is 1.69. The molecule has 0 saturated heterocycles. The summed E-state index contributed by atoms with van der Waals surface area (Å²) >= 11 is 1.39. The standard InChI is InChI=1S/C11H18N4OS/c1-7-14-15-10(17-7)13-9(16)8-5-3-4-6-11(8,2)12/h8H,3-6,12H2,1-2H3,(H,13,15,16). The van der Waals surface area contributed by atoms with E-state index in [0.29, 0.717) is 5.13 Å². The van der Waals surface area contributed by atoms with Crippen molar-refractivity contribution in [3.63, 3.8) is 0 Å². The molecule has 3 N–H and O–H groups in total. The van der Waals surface area contributed by atoms with Crippen LogP contribution in [0.4, 0.5) is 5.13 Å². The molecule has 1 aromatic rings. The zero-order valence-electron chi connectivity index (χ0n) is 10.2. The highest BCUT2D eigenvalue weighted by molar-refractivity contribution is 7.15. The molecule has 1 aliphatic carbocycles. The lowest BCUT2D eigenvalue weighted by atomic mass is 9.74. The van der Waals surface area contributed by atoms with Crippen LogP contribution in [0.3, 0.4) is 0 Å². The molecule has 94 valence electrons. The first-order valence-electron chi connectivity index (χ1n) is 5.89. The minimum Gasteiger partial charge on any atom is -0.325 e. The summed E-state index contributed by atoms with van der Waals surface area (Å²) < 4.78 is 0. The zero-order valence-corrected chi connectivity index (χ0v) is 11.0. The molecular weight excluding hydrogens is 236 g/mol. The van der Waals surface area contributed by atoms with Gasteiger partial charge < -0.3 is 11.1 Å². The molecule has 1 aromatic heterocycles.